The van der Waals surface area contributed by atoms with Crippen LogP contribution in [0.3, 0.4) is 0 Å². The molecule has 2 heterocycles. The second-order valence-corrected chi connectivity index (χ2v) is 5.89. The Morgan fingerprint density at radius 1 is 1.50 bits per heavy atom. The molecule has 1 amide bonds. The van der Waals surface area contributed by atoms with Crippen molar-refractivity contribution in [3.05, 3.63) is 17.3 Å². The zero-order valence-corrected chi connectivity index (χ0v) is 11.7. The molecule has 0 aliphatic heterocycles. The fraction of sp³-hybridized carbons (Fsp3) is 0.357. The number of anilines is 1. The Hall–Kier alpha value is -2.13. The van der Waals surface area contributed by atoms with E-state index >= 15 is 0 Å². The molecule has 20 heavy (non-hydrogen) atoms. The van der Waals surface area contributed by atoms with Gasteiger partial charge in [-0.25, -0.2) is 9.97 Å². The Balaban J connectivity index is 1.93. The maximum atomic E-state index is 12.6. The van der Waals surface area contributed by atoms with Crippen molar-refractivity contribution in [2.45, 2.75) is 12.8 Å². The number of thiophene rings is 1. The van der Waals surface area contributed by atoms with Crippen molar-refractivity contribution in [2.24, 2.45) is 5.92 Å². The number of amides is 1. The average Bonchev–Trinajstić information content (AvgIpc) is 3.21. The summed E-state index contributed by atoms with van der Waals surface area (Å²) in [5.74, 6) is 3.01. The van der Waals surface area contributed by atoms with Gasteiger partial charge in [0.1, 0.15) is 15.2 Å². The molecule has 2 N–H and O–H groups in total. The summed E-state index contributed by atoms with van der Waals surface area (Å²) < 4.78 is 0. The van der Waals surface area contributed by atoms with E-state index in [2.05, 4.69) is 15.9 Å². The molecule has 0 aromatic carbocycles. The van der Waals surface area contributed by atoms with Crippen molar-refractivity contribution in [3.8, 4) is 12.3 Å². The normalized spacial score (nSPS) is 14.2. The summed E-state index contributed by atoms with van der Waals surface area (Å²) in [5.41, 5.74) is 7.02. The number of nitrogen functional groups attached to an aromatic ring is 1. The molecule has 0 saturated heterocycles. The highest BCUT2D eigenvalue weighted by Gasteiger charge is 2.29. The van der Waals surface area contributed by atoms with Gasteiger partial charge in [-0.05, 0) is 18.8 Å². The molecule has 0 atom stereocenters. The van der Waals surface area contributed by atoms with E-state index in [9.17, 15) is 4.79 Å². The van der Waals surface area contributed by atoms with Gasteiger partial charge < -0.3 is 10.6 Å². The second kappa shape index (κ2) is 5.10. The van der Waals surface area contributed by atoms with Crippen LogP contribution in [0.2, 0.25) is 0 Å². The van der Waals surface area contributed by atoms with Crippen LogP contribution in [0.15, 0.2) is 12.4 Å². The zero-order chi connectivity index (χ0) is 14.1. The summed E-state index contributed by atoms with van der Waals surface area (Å²) in [4.78, 5) is 23.8. The van der Waals surface area contributed by atoms with Gasteiger partial charge in [0.15, 0.2) is 0 Å². The minimum absolute atomic E-state index is 0.114. The molecule has 6 heteroatoms. The van der Waals surface area contributed by atoms with Crippen LogP contribution in [0.25, 0.3) is 10.3 Å². The van der Waals surface area contributed by atoms with E-state index in [-0.39, 0.29) is 5.91 Å². The first-order valence-electron chi connectivity index (χ1n) is 6.42. The molecule has 1 aliphatic rings. The molecule has 3 rings (SSSR count). The monoisotopic (exact) mass is 286 g/mol. The number of nitrogens with zero attached hydrogens (tertiary/aromatic N) is 3. The number of nitrogens with two attached hydrogens (primary N) is 1. The standard InChI is InChI=1S/C14H14N4OS/c1-2-7-18(8-9-3-4-9)14(19)12-10(15)11-13(20-12)17-6-5-16-11/h1,5-6,9H,3-4,7-8,15H2. The highest BCUT2D eigenvalue weighted by atomic mass is 32.1. The van der Waals surface area contributed by atoms with Crippen molar-refractivity contribution in [1.82, 2.24) is 14.9 Å². The van der Waals surface area contributed by atoms with Crippen LogP contribution in [0.5, 0.6) is 0 Å². The Morgan fingerprint density at radius 3 is 2.90 bits per heavy atom. The van der Waals surface area contributed by atoms with E-state index in [1.165, 1.54) is 24.2 Å². The van der Waals surface area contributed by atoms with Crippen molar-refractivity contribution >= 4 is 33.3 Å². The average molecular weight is 286 g/mol. The van der Waals surface area contributed by atoms with Crippen molar-refractivity contribution in [3.63, 3.8) is 0 Å². The predicted octanol–water partition coefficient (Wildman–Crippen LogP) is 1.76. The molecule has 2 aromatic heterocycles. The fourth-order valence-corrected chi connectivity index (χ4v) is 3.08. The number of carbonyl (C=O) groups excluding carboxylic acids is 1. The smallest absolute Gasteiger partial charge is 0.267 e. The van der Waals surface area contributed by atoms with Crippen LogP contribution in [0, 0.1) is 18.3 Å². The van der Waals surface area contributed by atoms with Crippen LogP contribution < -0.4 is 5.73 Å². The Kier molecular flexibility index (Phi) is 3.28. The summed E-state index contributed by atoms with van der Waals surface area (Å²) in [6, 6.07) is 0. The summed E-state index contributed by atoms with van der Waals surface area (Å²) in [6.45, 7) is 1.02. The molecule has 1 fully saturated rings. The number of carbonyl (C=O) groups is 1. The third kappa shape index (κ3) is 2.32. The summed E-state index contributed by atoms with van der Waals surface area (Å²) in [5, 5.41) is 0. The molecule has 0 radical (unpaired) electrons. The van der Waals surface area contributed by atoms with Gasteiger partial charge in [0.25, 0.3) is 5.91 Å². The van der Waals surface area contributed by atoms with Gasteiger partial charge in [0.05, 0.1) is 12.2 Å². The SMILES string of the molecule is C#CCN(CC1CC1)C(=O)c1sc2nccnc2c1N. The molecule has 0 bridgehead atoms. The van der Waals surface area contributed by atoms with E-state index in [0.29, 0.717) is 39.9 Å². The van der Waals surface area contributed by atoms with Gasteiger partial charge in [-0.3, -0.25) is 4.79 Å². The van der Waals surface area contributed by atoms with E-state index in [1.807, 2.05) is 0 Å². The van der Waals surface area contributed by atoms with Crippen molar-refractivity contribution in [1.29, 1.82) is 0 Å². The molecule has 2 aromatic rings. The summed E-state index contributed by atoms with van der Waals surface area (Å²) in [7, 11) is 0. The van der Waals surface area contributed by atoms with Crippen molar-refractivity contribution in [2.75, 3.05) is 18.8 Å². The van der Waals surface area contributed by atoms with Gasteiger partial charge in [0.2, 0.25) is 0 Å². The molecule has 0 unspecified atom stereocenters. The molecule has 102 valence electrons. The van der Waals surface area contributed by atoms with Gasteiger partial charge in [-0.1, -0.05) is 5.92 Å². The van der Waals surface area contributed by atoms with E-state index < -0.39 is 0 Å². The molecule has 5 nitrogen and oxygen atoms in total. The molecular formula is C14H14N4OS. The maximum Gasteiger partial charge on any atom is 0.267 e. The molecular weight excluding hydrogens is 272 g/mol. The second-order valence-electron chi connectivity index (χ2n) is 4.89. The van der Waals surface area contributed by atoms with Crippen LogP contribution in [-0.2, 0) is 0 Å². The quantitative estimate of drug-likeness (QED) is 0.869. The topological polar surface area (TPSA) is 72.1 Å². The molecule has 1 aliphatic carbocycles. The third-order valence-corrected chi connectivity index (χ3v) is 4.39. The lowest BCUT2D eigenvalue weighted by molar-refractivity contribution is 0.0775. The minimum atomic E-state index is -0.114. The zero-order valence-electron chi connectivity index (χ0n) is 10.9. The van der Waals surface area contributed by atoms with E-state index in [0.717, 1.165) is 0 Å². The lowest BCUT2D eigenvalue weighted by Gasteiger charge is -2.19. The molecule has 1 saturated carbocycles. The fourth-order valence-electron chi connectivity index (χ4n) is 2.09. The lowest BCUT2D eigenvalue weighted by Crippen LogP contribution is -2.33. The summed E-state index contributed by atoms with van der Waals surface area (Å²) >= 11 is 1.28. The third-order valence-electron chi connectivity index (χ3n) is 3.30. The number of fused-ring (bicyclic) bond motifs is 1. The lowest BCUT2D eigenvalue weighted by atomic mass is 10.3. The maximum absolute atomic E-state index is 12.6. The van der Waals surface area contributed by atoms with E-state index in [1.54, 1.807) is 17.3 Å². The highest BCUT2D eigenvalue weighted by Crippen LogP contribution is 2.33. The summed E-state index contributed by atoms with van der Waals surface area (Å²) in [6.07, 6.45) is 10.9. The Morgan fingerprint density at radius 2 is 2.25 bits per heavy atom. The number of hydrogen-bond acceptors (Lipinski definition) is 5. The van der Waals surface area contributed by atoms with Gasteiger partial charge in [-0.2, -0.15) is 0 Å². The first kappa shape index (κ1) is 12.9. The highest BCUT2D eigenvalue weighted by molar-refractivity contribution is 7.21. The van der Waals surface area contributed by atoms with Crippen LogP contribution in [-0.4, -0.2) is 33.9 Å². The first-order chi connectivity index (χ1) is 9.70. The first-order valence-corrected chi connectivity index (χ1v) is 7.24. The number of rotatable bonds is 4. The van der Waals surface area contributed by atoms with Crippen LogP contribution in [0.1, 0.15) is 22.5 Å². The number of terminal acetylenes is 1. The Bertz CT molecular complexity index is 699. The largest absolute Gasteiger partial charge is 0.396 e. The number of hydrogen-bond donors (Lipinski definition) is 1. The van der Waals surface area contributed by atoms with Gasteiger partial charge >= 0.3 is 0 Å². The number of aromatic nitrogens is 2. The predicted molar refractivity (Wildman–Crippen MR) is 79.3 cm³/mol. The van der Waals surface area contributed by atoms with Crippen LogP contribution in [0.4, 0.5) is 5.69 Å². The Labute approximate surface area is 120 Å². The minimum Gasteiger partial charge on any atom is -0.396 e. The molecule has 0 spiro atoms. The van der Waals surface area contributed by atoms with Crippen LogP contribution >= 0.6 is 11.3 Å². The van der Waals surface area contributed by atoms with Gasteiger partial charge in [0, 0.05) is 18.9 Å². The van der Waals surface area contributed by atoms with Crippen molar-refractivity contribution < 1.29 is 4.79 Å². The van der Waals surface area contributed by atoms with E-state index in [4.69, 9.17) is 12.2 Å². The van der Waals surface area contributed by atoms with Gasteiger partial charge in [-0.15, -0.1) is 17.8 Å².